The Balaban J connectivity index is 1.90. The van der Waals surface area contributed by atoms with E-state index in [1.54, 1.807) is 0 Å². The lowest BCUT2D eigenvalue weighted by Crippen LogP contribution is -2.29. The first kappa shape index (κ1) is 15.3. The molecule has 1 fully saturated rings. The summed E-state index contributed by atoms with van der Waals surface area (Å²) in [4.78, 5) is 4.41. The number of hydrogen-bond donors (Lipinski definition) is 1. The lowest BCUT2D eigenvalue weighted by atomic mass is 9.82. The molecule has 1 atom stereocenters. The van der Waals surface area contributed by atoms with Crippen LogP contribution in [0.4, 0.5) is 8.78 Å². The van der Waals surface area contributed by atoms with Crippen LogP contribution in [0.5, 0.6) is 0 Å². The standard InChI is InChI=1S/C13H21F2N3O2/c1-2-4-13(5-6-16-9-13)12-17-11(18-20-12)3-7-19-8-10(14)15/h10,16H,2-9H2,1H3. The van der Waals surface area contributed by atoms with Crippen LogP contribution < -0.4 is 5.32 Å². The van der Waals surface area contributed by atoms with Crippen molar-refractivity contribution in [2.24, 2.45) is 0 Å². The second-order valence-corrected chi connectivity index (χ2v) is 5.19. The number of ether oxygens (including phenoxy) is 1. The lowest BCUT2D eigenvalue weighted by Gasteiger charge is -2.22. The van der Waals surface area contributed by atoms with E-state index in [0.717, 1.165) is 32.4 Å². The van der Waals surface area contributed by atoms with E-state index in [2.05, 4.69) is 22.4 Å². The maximum Gasteiger partial charge on any atom is 0.261 e. The van der Waals surface area contributed by atoms with Gasteiger partial charge in [0.25, 0.3) is 6.43 Å². The van der Waals surface area contributed by atoms with Gasteiger partial charge in [0.15, 0.2) is 5.82 Å². The summed E-state index contributed by atoms with van der Waals surface area (Å²) in [7, 11) is 0. The first-order chi connectivity index (χ1) is 9.66. The summed E-state index contributed by atoms with van der Waals surface area (Å²) in [6.07, 6.45) is 1.00. The fourth-order valence-corrected chi connectivity index (χ4v) is 2.63. The quantitative estimate of drug-likeness (QED) is 0.741. The minimum atomic E-state index is -2.44. The zero-order valence-corrected chi connectivity index (χ0v) is 11.7. The van der Waals surface area contributed by atoms with Gasteiger partial charge in [0.1, 0.15) is 6.61 Å². The highest BCUT2D eigenvalue weighted by molar-refractivity contribution is 5.10. The van der Waals surface area contributed by atoms with Crippen LogP contribution in [-0.4, -0.2) is 42.9 Å². The smallest absolute Gasteiger partial charge is 0.261 e. The van der Waals surface area contributed by atoms with Gasteiger partial charge >= 0.3 is 0 Å². The summed E-state index contributed by atoms with van der Waals surface area (Å²) in [5.74, 6) is 1.19. The van der Waals surface area contributed by atoms with Crippen molar-refractivity contribution in [2.75, 3.05) is 26.3 Å². The maximum absolute atomic E-state index is 11.9. The maximum atomic E-state index is 11.9. The molecular formula is C13H21F2N3O2. The van der Waals surface area contributed by atoms with Gasteiger partial charge in [-0.3, -0.25) is 0 Å². The fourth-order valence-electron chi connectivity index (χ4n) is 2.63. The first-order valence-corrected chi connectivity index (χ1v) is 7.06. The lowest BCUT2D eigenvalue weighted by molar-refractivity contribution is 0.0182. The molecule has 0 bridgehead atoms. The molecule has 1 N–H and O–H groups in total. The number of aromatic nitrogens is 2. The molecular weight excluding hydrogens is 268 g/mol. The molecule has 0 aliphatic carbocycles. The summed E-state index contributed by atoms with van der Waals surface area (Å²) in [6.45, 7) is 3.58. The van der Waals surface area contributed by atoms with E-state index < -0.39 is 13.0 Å². The van der Waals surface area contributed by atoms with Crippen molar-refractivity contribution in [3.8, 4) is 0 Å². The minimum absolute atomic E-state index is 0.0656. The van der Waals surface area contributed by atoms with E-state index in [1.165, 1.54) is 0 Å². The highest BCUT2D eigenvalue weighted by Gasteiger charge is 2.39. The molecule has 0 radical (unpaired) electrons. The molecule has 5 nitrogen and oxygen atoms in total. The van der Waals surface area contributed by atoms with Crippen LogP contribution in [0.1, 0.15) is 37.9 Å². The van der Waals surface area contributed by atoms with Crippen LogP contribution in [0.25, 0.3) is 0 Å². The van der Waals surface area contributed by atoms with Gasteiger partial charge in [-0.25, -0.2) is 8.78 Å². The number of hydrogen-bond acceptors (Lipinski definition) is 5. The summed E-state index contributed by atoms with van der Waals surface area (Å²) < 4.78 is 34.0. The molecule has 1 saturated heterocycles. The minimum Gasteiger partial charge on any atom is -0.375 e. The normalized spacial score (nSPS) is 22.8. The molecule has 2 rings (SSSR count). The summed E-state index contributed by atoms with van der Waals surface area (Å²) in [5, 5.41) is 7.26. The van der Waals surface area contributed by atoms with E-state index in [1.807, 2.05) is 0 Å². The molecule has 7 heteroatoms. The van der Waals surface area contributed by atoms with Crippen molar-refractivity contribution in [1.82, 2.24) is 15.5 Å². The largest absolute Gasteiger partial charge is 0.375 e. The van der Waals surface area contributed by atoms with Gasteiger partial charge < -0.3 is 14.6 Å². The van der Waals surface area contributed by atoms with Gasteiger partial charge in [0, 0.05) is 13.0 Å². The van der Waals surface area contributed by atoms with Crippen LogP contribution in [0.15, 0.2) is 4.52 Å². The average molecular weight is 289 g/mol. The van der Waals surface area contributed by atoms with E-state index in [-0.39, 0.29) is 12.0 Å². The Labute approximate surface area is 117 Å². The van der Waals surface area contributed by atoms with Crippen LogP contribution in [0.3, 0.4) is 0 Å². The number of rotatable bonds is 8. The highest BCUT2D eigenvalue weighted by Crippen LogP contribution is 2.34. The summed E-state index contributed by atoms with van der Waals surface area (Å²) >= 11 is 0. The second kappa shape index (κ2) is 7.08. The third-order valence-corrected chi connectivity index (χ3v) is 3.61. The zero-order chi connectivity index (χ0) is 14.4. The summed E-state index contributed by atoms with van der Waals surface area (Å²) in [5.41, 5.74) is -0.0656. The molecule has 1 unspecified atom stereocenters. The SMILES string of the molecule is CCCC1(c2nc(CCOCC(F)F)no2)CCNC1. The van der Waals surface area contributed by atoms with Crippen LogP contribution in [0.2, 0.25) is 0 Å². The van der Waals surface area contributed by atoms with Gasteiger partial charge in [-0.2, -0.15) is 4.98 Å². The molecule has 1 aromatic heterocycles. The first-order valence-electron chi connectivity index (χ1n) is 7.06. The number of nitrogens with zero attached hydrogens (tertiary/aromatic N) is 2. The van der Waals surface area contributed by atoms with Crippen LogP contribution in [-0.2, 0) is 16.6 Å². The Bertz CT molecular complexity index is 406. The monoisotopic (exact) mass is 289 g/mol. The van der Waals surface area contributed by atoms with Gasteiger partial charge in [-0.15, -0.1) is 0 Å². The Kier molecular flexibility index (Phi) is 5.42. The Morgan fingerprint density at radius 1 is 1.50 bits per heavy atom. The van der Waals surface area contributed by atoms with Gasteiger partial charge in [-0.1, -0.05) is 18.5 Å². The van der Waals surface area contributed by atoms with Crippen molar-refractivity contribution >= 4 is 0 Å². The Morgan fingerprint density at radius 2 is 2.35 bits per heavy atom. The van der Waals surface area contributed by atoms with Gasteiger partial charge in [0.2, 0.25) is 5.89 Å². The summed E-state index contributed by atoms with van der Waals surface area (Å²) in [6, 6.07) is 0. The second-order valence-electron chi connectivity index (χ2n) is 5.19. The Morgan fingerprint density at radius 3 is 3.00 bits per heavy atom. The zero-order valence-electron chi connectivity index (χ0n) is 11.7. The van der Waals surface area contributed by atoms with Crippen molar-refractivity contribution in [3.05, 3.63) is 11.7 Å². The molecule has 1 aliphatic heterocycles. The number of alkyl halides is 2. The predicted molar refractivity (Wildman–Crippen MR) is 68.9 cm³/mol. The molecule has 2 heterocycles. The van der Waals surface area contributed by atoms with Crippen molar-refractivity contribution in [1.29, 1.82) is 0 Å². The van der Waals surface area contributed by atoms with Gasteiger partial charge in [0.05, 0.1) is 12.0 Å². The number of halogens is 2. The molecule has 114 valence electrons. The topological polar surface area (TPSA) is 60.2 Å². The number of nitrogens with one attached hydrogen (secondary N) is 1. The van der Waals surface area contributed by atoms with Gasteiger partial charge in [-0.05, 0) is 19.4 Å². The molecule has 0 spiro atoms. The molecule has 1 aromatic rings. The molecule has 1 aliphatic rings. The molecule has 0 amide bonds. The Hall–Kier alpha value is -1.08. The van der Waals surface area contributed by atoms with E-state index in [0.29, 0.717) is 18.1 Å². The van der Waals surface area contributed by atoms with E-state index in [9.17, 15) is 8.78 Å². The molecule has 0 aromatic carbocycles. The fraction of sp³-hybridized carbons (Fsp3) is 0.846. The third-order valence-electron chi connectivity index (χ3n) is 3.61. The van der Waals surface area contributed by atoms with Crippen molar-refractivity contribution in [2.45, 2.75) is 44.4 Å². The molecule has 0 saturated carbocycles. The third kappa shape index (κ3) is 3.73. The van der Waals surface area contributed by atoms with Crippen LogP contribution >= 0.6 is 0 Å². The van der Waals surface area contributed by atoms with Crippen LogP contribution in [0, 0.1) is 0 Å². The molecule has 20 heavy (non-hydrogen) atoms. The highest BCUT2D eigenvalue weighted by atomic mass is 19.3. The van der Waals surface area contributed by atoms with E-state index in [4.69, 9.17) is 9.26 Å². The van der Waals surface area contributed by atoms with Crippen molar-refractivity contribution in [3.63, 3.8) is 0 Å². The average Bonchev–Trinajstić information content (AvgIpc) is 3.04. The van der Waals surface area contributed by atoms with E-state index >= 15 is 0 Å². The predicted octanol–water partition coefficient (Wildman–Crippen LogP) is 1.93. The van der Waals surface area contributed by atoms with Crippen molar-refractivity contribution < 1.29 is 18.0 Å².